The third kappa shape index (κ3) is 5.92. The first kappa shape index (κ1) is 18.5. The molecule has 0 atom stereocenters. The Morgan fingerprint density at radius 2 is 2.08 bits per heavy atom. The first-order valence-corrected chi connectivity index (χ1v) is 8.52. The predicted molar refractivity (Wildman–Crippen MR) is 96.1 cm³/mol. The van der Waals surface area contributed by atoms with Crippen molar-refractivity contribution < 1.29 is 9.53 Å². The maximum Gasteiger partial charge on any atom is 0.254 e. The van der Waals surface area contributed by atoms with E-state index in [0.29, 0.717) is 31.7 Å². The second-order valence-electron chi connectivity index (χ2n) is 5.72. The van der Waals surface area contributed by atoms with Gasteiger partial charge in [-0.15, -0.1) is 0 Å². The lowest BCUT2D eigenvalue weighted by molar-refractivity contribution is 0.0746. The zero-order valence-corrected chi connectivity index (χ0v) is 14.5. The first-order chi connectivity index (χ1) is 12.2. The number of unbranched alkanes of at least 4 members (excludes halogenated alkanes) is 1. The van der Waals surface area contributed by atoms with Gasteiger partial charge in [-0.2, -0.15) is 5.26 Å². The molecule has 0 fully saturated rings. The van der Waals surface area contributed by atoms with E-state index in [9.17, 15) is 4.79 Å². The van der Waals surface area contributed by atoms with Gasteiger partial charge < -0.3 is 9.64 Å². The van der Waals surface area contributed by atoms with E-state index in [1.165, 1.54) is 0 Å². The second kappa shape index (κ2) is 10.1. The van der Waals surface area contributed by atoms with Crippen molar-refractivity contribution in [1.82, 2.24) is 9.88 Å². The summed E-state index contributed by atoms with van der Waals surface area (Å²) in [5, 5.41) is 8.86. The summed E-state index contributed by atoms with van der Waals surface area (Å²) in [6, 6.07) is 13.0. The van der Waals surface area contributed by atoms with Crippen molar-refractivity contribution in [3.8, 4) is 11.8 Å². The molecule has 0 aliphatic heterocycles. The average molecular weight is 337 g/mol. The molecule has 2 rings (SSSR count). The van der Waals surface area contributed by atoms with Gasteiger partial charge in [0.2, 0.25) is 0 Å². The van der Waals surface area contributed by atoms with E-state index in [4.69, 9.17) is 10.00 Å². The van der Waals surface area contributed by atoms with E-state index in [0.717, 1.165) is 24.2 Å². The first-order valence-electron chi connectivity index (χ1n) is 8.52. The minimum absolute atomic E-state index is 0.0980. The molecule has 0 unspecified atom stereocenters. The van der Waals surface area contributed by atoms with E-state index >= 15 is 0 Å². The van der Waals surface area contributed by atoms with Gasteiger partial charge in [0, 0.05) is 31.0 Å². The molecule has 5 heteroatoms. The van der Waals surface area contributed by atoms with Crippen LogP contribution in [0.3, 0.4) is 0 Å². The lowest BCUT2D eigenvalue weighted by atomic mass is 10.1. The smallest absolute Gasteiger partial charge is 0.254 e. The molecule has 0 radical (unpaired) electrons. The van der Waals surface area contributed by atoms with Crippen LogP contribution in [-0.4, -0.2) is 28.9 Å². The molecule has 1 amide bonds. The monoisotopic (exact) mass is 337 g/mol. The maximum atomic E-state index is 12.8. The Hall–Kier alpha value is -2.87. The van der Waals surface area contributed by atoms with E-state index in [1.807, 2.05) is 24.3 Å². The molecular formula is C20H23N3O2. The molecule has 0 N–H and O–H groups in total. The number of ether oxygens (including phenoxy) is 1. The minimum atomic E-state index is -0.0980. The SMILES string of the molecule is CCCCOc1ccc(C(=O)N(CCC#N)Cc2cccnc2)cc1. The normalized spacial score (nSPS) is 10.1. The predicted octanol–water partition coefficient (Wildman–Crippen LogP) is 3.82. The molecule has 0 spiro atoms. The molecule has 0 aliphatic rings. The lowest BCUT2D eigenvalue weighted by Crippen LogP contribution is -2.31. The van der Waals surface area contributed by atoms with Gasteiger partial charge in [-0.05, 0) is 42.3 Å². The highest BCUT2D eigenvalue weighted by atomic mass is 16.5. The largest absolute Gasteiger partial charge is 0.494 e. The Morgan fingerprint density at radius 1 is 1.28 bits per heavy atom. The summed E-state index contributed by atoms with van der Waals surface area (Å²) in [4.78, 5) is 18.5. The molecule has 0 saturated carbocycles. The van der Waals surface area contributed by atoms with Crippen LogP contribution >= 0.6 is 0 Å². The van der Waals surface area contributed by atoms with Crippen LogP contribution in [0, 0.1) is 11.3 Å². The van der Waals surface area contributed by atoms with Gasteiger partial charge >= 0.3 is 0 Å². The molecule has 0 aliphatic carbocycles. The average Bonchev–Trinajstić information content (AvgIpc) is 2.66. The van der Waals surface area contributed by atoms with Crippen LogP contribution in [0.25, 0.3) is 0 Å². The number of amides is 1. The molecule has 2 aromatic rings. The molecule has 5 nitrogen and oxygen atoms in total. The van der Waals surface area contributed by atoms with Gasteiger partial charge in [-0.3, -0.25) is 9.78 Å². The second-order valence-corrected chi connectivity index (χ2v) is 5.72. The standard InChI is InChI=1S/C20H23N3O2/c1-2-3-14-25-19-9-7-18(8-10-19)20(24)23(13-5-11-21)16-17-6-4-12-22-15-17/h4,6-10,12,15H,2-3,5,13-14,16H2,1H3. The Morgan fingerprint density at radius 3 is 2.72 bits per heavy atom. The summed E-state index contributed by atoms with van der Waals surface area (Å²) in [5.74, 6) is 0.667. The summed E-state index contributed by atoms with van der Waals surface area (Å²) in [6.07, 6.45) is 5.82. The van der Waals surface area contributed by atoms with Gasteiger partial charge in [0.25, 0.3) is 5.91 Å². The van der Waals surface area contributed by atoms with Crippen molar-refractivity contribution in [2.24, 2.45) is 0 Å². The highest BCUT2D eigenvalue weighted by molar-refractivity contribution is 5.94. The summed E-state index contributed by atoms with van der Waals surface area (Å²) in [6.45, 7) is 3.62. The number of nitriles is 1. The lowest BCUT2D eigenvalue weighted by Gasteiger charge is -2.22. The Kier molecular flexibility index (Phi) is 7.45. The minimum Gasteiger partial charge on any atom is -0.494 e. The number of hydrogen-bond donors (Lipinski definition) is 0. The number of carbonyl (C=O) groups is 1. The van der Waals surface area contributed by atoms with Gasteiger partial charge in [0.1, 0.15) is 5.75 Å². The Labute approximate surface area is 148 Å². The van der Waals surface area contributed by atoms with Crippen molar-refractivity contribution >= 4 is 5.91 Å². The quantitative estimate of drug-likeness (QED) is 0.653. The highest BCUT2D eigenvalue weighted by Gasteiger charge is 2.16. The molecule has 0 saturated heterocycles. The number of rotatable bonds is 9. The summed E-state index contributed by atoms with van der Waals surface area (Å²) in [7, 11) is 0. The third-order valence-electron chi connectivity index (χ3n) is 3.74. The van der Waals surface area contributed by atoms with Crippen LogP contribution in [-0.2, 0) is 6.54 Å². The molecular weight excluding hydrogens is 314 g/mol. The van der Waals surface area contributed by atoms with E-state index < -0.39 is 0 Å². The molecule has 1 aromatic carbocycles. The van der Waals surface area contributed by atoms with E-state index in [-0.39, 0.29) is 5.91 Å². The topological polar surface area (TPSA) is 66.2 Å². The zero-order valence-electron chi connectivity index (χ0n) is 14.5. The van der Waals surface area contributed by atoms with Crippen molar-refractivity contribution in [3.05, 3.63) is 59.9 Å². The van der Waals surface area contributed by atoms with Gasteiger partial charge in [-0.25, -0.2) is 0 Å². The Balaban J connectivity index is 2.06. The third-order valence-corrected chi connectivity index (χ3v) is 3.74. The molecule has 1 heterocycles. The molecule has 130 valence electrons. The van der Waals surface area contributed by atoms with Gasteiger partial charge in [0.15, 0.2) is 0 Å². The van der Waals surface area contributed by atoms with Crippen molar-refractivity contribution in [1.29, 1.82) is 5.26 Å². The zero-order chi connectivity index (χ0) is 17.9. The molecule has 0 bridgehead atoms. The van der Waals surface area contributed by atoms with Crippen molar-refractivity contribution in [2.75, 3.05) is 13.2 Å². The number of aromatic nitrogens is 1. The highest BCUT2D eigenvalue weighted by Crippen LogP contribution is 2.16. The van der Waals surface area contributed by atoms with Crippen LogP contribution in [0.15, 0.2) is 48.8 Å². The van der Waals surface area contributed by atoms with Gasteiger partial charge in [0.05, 0.1) is 19.1 Å². The number of pyridine rings is 1. The number of nitrogens with zero attached hydrogens (tertiary/aromatic N) is 3. The summed E-state index contributed by atoms with van der Waals surface area (Å²) in [5.41, 5.74) is 1.53. The number of hydrogen-bond acceptors (Lipinski definition) is 4. The van der Waals surface area contributed by atoms with E-state index in [2.05, 4.69) is 18.0 Å². The maximum absolute atomic E-state index is 12.8. The fourth-order valence-corrected chi connectivity index (χ4v) is 2.36. The van der Waals surface area contributed by atoms with Crippen LogP contribution in [0.5, 0.6) is 5.75 Å². The summed E-state index contributed by atoms with van der Waals surface area (Å²) >= 11 is 0. The fraction of sp³-hybridized carbons (Fsp3) is 0.350. The van der Waals surface area contributed by atoms with Crippen LogP contribution < -0.4 is 4.74 Å². The molecule has 25 heavy (non-hydrogen) atoms. The van der Waals surface area contributed by atoms with E-state index in [1.54, 1.807) is 29.4 Å². The van der Waals surface area contributed by atoms with Crippen LogP contribution in [0.2, 0.25) is 0 Å². The Bertz CT molecular complexity index is 693. The van der Waals surface area contributed by atoms with Crippen LogP contribution in [0.1, 0.15) is 42.1 Å². The van der Waals surface area contributed by atoms with Crippen LogP contribution in [0.4, 0.5) is 0 Å². The van der Waals surface area contributed by atoms with Crippen molar-refractivity contribution in [2.45, 2.75) is 32.7 Å². The molecule has 1 aromatic heterocycles. The fourth-order valence-electron chi connectivity index (χ4n) is 2.36. The number of carbonyl (C=O) groups excluding carboxylic acids is 1. The summed E-state index contributed by atoms with van der Waals surface area (Å²) < 4.78 is 5.63. The number of benzene rings is 1. The van der Waals surface area contributed by atoms with Gasteiger partial charge in [-0.1, -0.05) is 19.4 Å². The van der Waals surface area contributed by atoms with Crippen molar-refractivity contribution in [3.63, 3.8) is 0 Å².